The summed E-state index contributed by atoms with van der Waals surface area (Å²) in [5.41, 5.74) is 3.81. The van der Waals surface area contributed by atoms with Gasteiger partial charge in [0.05, 0.1) is 12.3 Å². The van der Waals surface area contributed by atoms with Crippen LogP contribution in [0, 0.1) is 5.51 Å². The van der Waals surface area contributed by atoms with Crippen molar-refractivity contribution in [3.63, 3.8) is 0 Å². The van der Waals surface area contributed by atoms with Gasteiger partial charge in [0.2, 0.25) is 0 Å². The van der Waals surface area contributed by atoms with Crippen LogP contribution in [0.4, 0.5) is 0 Å². The highest BCUT2D eigenvalue weighted by Crippen LogP contribution is 2.17. The zero-order valence-corrected chi connectivity index (χ0v) is 6.86. The van der Waals surface area contributed by atoms with Crippen LogP contribution in [0.2, 0.25) is 0 Å². The standard InChI is InChI=1S/C7H9N2OS/c1-2-10-7(3-8-1)6-4-11-5-9-6/h4,7-8H,1-3H2. The Morgan fingerprint density at radius 2 is 2.82 bits per heavy atom. The Kier molecular flexibility index (Phi) is 2.16. The predicted molar refractivity (Wildman–Crippen MR) is 42.5 cm³/mol. The lowest BCUT2D eigenvalue weighted by molar-refractivity contribution is 0.0254. The van der Waals surface area contributed by atoms with Crippen molar-refractivity contribution in [3.8, 4) is 0 Å². The van der Waals surface area contributed by atoms with Crippen LogP contribution in [0.1, 0.15) is 11.8 Å². The average molecular weight is 169 g/mol. The van der Waals surface area contributed by atoms with Gasteiger partial charge in [-0.3, -0.25) is 0 Å². The summed E-state index contributed by atoms with van der Waals surface area (Å²) >= 11 is 1.49. The smallest absolute Gasteiger partial charge is 0.152 e. The Morgan fingerprint density at radius 3 is 3.45 bits per heavy atom. The summed E-state index contributed by atoms with van der Waals surface area (Å²) in [7, 11) is 0. The Balaban J connectivity index is 2.04. The van der Waals surface area contributed by atoms with E-state index >= 15 is 0 Å². The first-order valence-corrected chi connectivity index (χ1v) is 4.48. The number of nitrogens with one attached hydrogen (secondary N) is 1. The van der Waals surface area contributed by atoms with E-state index in [0.717, 1.165) is 25.4 Å². The summed E-state index contributed by atoms with van der Waals surface area (Å²) in [4.78, 5) is 4.07. The number of hydrogen-bond donors (Lipinski definition) is 1. The fraction of sp³-hybridized carbons (Fsp3) is 0.571. The van der Waals surface area contributed by atoms with Crippen molar-refractivity contribution in [1.82, 2.24) is 10.3 Å². The summed E-state index contributed by atoms with van der Waals surface area (Å²) in [5.74, 6) is 0. The van der Waals surface area contributed by atoms with Gasteiger partial charge in [-0.15, -0.1) is 11.3 Å². The molecule has 1 aliphatic rings. The number of ether oxygens (including phenoxy) is 1. The van der Waals surface area contributed by atoms with Crippen LogP contribution in [-0.2, 0) is 4.74 Å². The van der Waals surface area contributed by atoms with Crippen LogP contribution in [0.5, 0.6) is 0 Å². The van der Waals surface area contributed by atoms with Gasteiger partial charge in [-0.05, 0) is 0 Å². The quantitative estimate of drug-likeness (QED) is 0.668. The Hall–Kier alpha value is -0.450. The molecule has 1 unspecified atom stereocenters. The molecule has 11 heavy (non-hydrogen) atoms. The molecule has 1 aromatic heterocycles. The number of morpholine rings is 1. The molecule has 4 heteroatoms. The molecule has 1 saturated heterocycles. The van der Waals surface area contributed by atoms with Crippen LogP contribution < -0.4 is 5.32 Å². The molecule has 3 nitrogen and oxygen atoms in total. The van der Waals surface area contributed by atoms with Gasteiger partial charge < -0.3 is 10.1 Å². The van der Waals surface area contributed by atoms with Crippen molar-refractivity contribution in [1.29, 1.82) is 0 Å². The van der Waals surface area contributed by atoms with Gasteiger partial charge in [0.15, 0.2) is 5.51 Å². The fourth-order valence-corrected chi connectivity index (χ4v) is 1.63. The second-order valence-corrected chi connectivity index (χ2v) is 3.08. The monoisotopic (exact) mass is 169 g/mol. The maximum atomic E-state index is 5.48. The number of hydrogen-bond acceptors (Lipinski definition) is 4. The predicted octanol–water partition coefficient (Wildman–Crippen LogP) is 0.604. The maximum absolute atomic E-state index is 5.48. The first kappa shape index (κ1) is 7.21. The van der Waals surface area contributed by atoms with Crippen molar-refractivity contribution >= 4 is 11.3 Å². The lowest BCUT2D eigenvalue weighted by Gasteiger charge is -2.21. The normalized spacial score (nSPS) is 25.3. The summed E-state index contributed by atoms with van der Waals surface area (Å²) < 4.78 is 5.48. The highest BCUT2D eigenvalue weighted by Gasteiger charge is 2.16. The third-order valence-electron chi connectivity index (χ3n) is 1.66. The number of aromatic nitrogens is 1. The fourth-order valence-electron chi connectivity index (χ4n) is 1.10. The van der Waals surface area contributed by atoms with Gasteiger partial charge in [0.25, 0.3) is 0 Å². The van der Waals surface area contributed by atoms with Gasteiger partial charge in [0.1, 0.15) is 6.10 Å². The zero-order valence-electron chi connectivity index (χ0n) is 6.04. The van der Waals surface area contributed by atoms with Crippen molar-refractivity contribution in [2.45, 2.75) is 6.10 Å². The summed E-state index contributed by atoms with van der Waals surface area (Å²) in [6.07, 6.45) is 0.145. The van der Waals surface area contributed by atoms with E-state index in [2.05, 4.69) is 15.8 Å². The molecular formula is C7H9N2OS. The Labute approximate surface area is 69.4 Å². The lowest BCUT2D eigenvalue weighted by atomic mass is 10.2. The van der Waals surface area contributed by atoms with E-state index in [9.17, 15) is 0 Å². The molecule has 0 spiro atoms. The third kappa shape index (κ3) is 1.58. The minimum Gasteiger partial charge on any atom is -0.369 e. The Morgan fingerprint density at radius 1 is 1.82 bits per heavy atom. The molecule has 0 aliphatic carbocycles. The van der Waals surface area contributed by atoms with E-state index in [-0.39, 0.29) is 6.10 Å². The molecular weight excluding hydrogens is 160 g/mol. The molecule has 1 N–H and O–H groups in total. The maximum Gasteiger partial charge on any atom is 0.152 e. The van der Waals surface area contributed by atoms with Gasteiger partial charge in [-0.25, -0.2) is 4.98 Å². The van der Waals surface area contributed by atoms with Crippen LogP contribution in [0.15, 0.2) is 5.38 Å². The number of thiazole rings is 1. The summed E-state index contributed by atoms with van der Waals surface area (Å²) in [6.45, 7) is 2.60. The summed E-state index contributed by atoms with van der Waals surface area (Å²) in [6, 6.07) is 0. The molecule has 1 fully saturated rings. The minimum absolute atomic E-state index is 0.145. The van der Waals surface area contributed by atoms with Crippen molar-refractivity contribution in [2.75, 3.05) is 19.7 Å². The first-order valence-electron chi connectivity index (χ1n) is 3.60. The molecule has 0 aromatic carbocycles. The van der Waals surface area contributed by atoms with E-state index < -0.39 is 0 Å². The minimum atomic E-state index is 0.145. The van der Waals surface area contributed by atoms with E-state index in [1.165, 1.54) is 11.3 Å². The molecule has 2 rings (SSSR count). The van der Waals surface area contributed by atoms with Gasteiger partial charge >= 0.3 is 0 Å². The van der Waals surface area contributed by atoms with E-state index in [4.69, 9.17) is 4.74 Å². The molecule has 59 valence electrons. The molecule has 0 saturated carbocycles. The molecule has 2 heterocycles. The first-order chi connectivity index (χ1) is 5.47. The molecule has 1 atom stereocenters. The second kappa shape index (κ2) is 3.30. The van der Waals surface area contributed by atoms with Crippen molar-refractivity contribution in [3.05, 3.63) is 16.6 Å². The van der Waals surface area contributed by atoms with Gasteiger partial charge in [-0.1, -0.05) is 0 Å². The molecule has 1 radical (unpaired) electrons. The van der Waals surface area contributed by atoms with E-state index in [1.807, 2.05) is 5.38 Å². The average Bonchev–Trinajstić information content (AvgIpc) is 2.58. The van der Waals surface area contributed by atoms with Crippen molar-refractivity contribution in [2.24, 2.45) is 0 Å². The highest BCUT2D eigenvalue weighted by atomic mass is 32.1. The molecule has 1 aliphatic heterocycles. The molecule has 0 amide bonds. The van der Waals surface area contributed by atoms with Crippen LogP contribution in [0.25, 0.3) is 0 Å². The molecule has 1 aromatic rings. The SMILES string of the molecule is [c]1nc(C2CNCCO2)cs1. The zero-order chi connectivity index (χ0) is 7.52. The summed E-state index contributed by atoms with van der Waals surface area (Å²) in [5, 5.41) is 5.23. The van der Waals surface area contributed by atoms with E-state index in [0.29, 0.717) is 0 Å². The number of nitrogens with zero attached hydrogens (tertiary/aromatic N) is 1. The third-order valence-corrected chi connectivity index (χ3v) is 2.22. The largest absolute Gasteiger partial charge is 0.369 e. The van der Waals surface area contributed by atoms with Gasteiger partial charge in [0, 0.05) is 18.5 Å². The van der Waals surface area contributed by atoms with Gasteiger partial charge in [-0.2, -0.15) is 0 Å². The molecule has 0 bridgehead atoms. The van der Waals surface area contributed by atoms with Crippen LogP contribution in [0.3, 0.4) is 0 Å². The second-order valence-electron chi connectivity index (χ2n) is 2.43. The highest BCUT2D eigenvalue weighted by molar-refractivity contribution is 7.07. The van der Waals surface area contributed by atoms with E-state index in [1.54, 1.807) is 0 Å². The lowest BCUT2D eigenvalue weighted by Crippen LogP contribution is -2.33. The topological polar surface area (TPSA) is 34.2 Å². The Bertz CT molecular complexity index is 206. The number of rotatable bonds is 1. The van der Waals surface area contributed by atoms with Crippen molar-refractivity contribution < 1.29 is 4.74 Å². The van der Waals surface area contributed by atoms with Crippen LogP contribution >= 0.6 is 11.3 Å². The van der Waals surface area contributed by atoms with Crippen LogP contribution in [-0.4, -0.2) is 24.7 Å².